The van der Waals surface area contributed by atoms with Crippen LogP contribution in [0.5, 0.6) is 5.75 Å². The van der Waals surface area contributed by atoms with Crippen molar-refractivity contribution in [2.45, 2.75) is 85.5 Å². The summed E-state index contributed by atoms with van der Waals surface area (Å²) in [5, 5.41) is 0. The lowest BCUT2D eigenvalue weighted by atomic mass is 9.96. The SMILES string of the molecule is CC[P@](C)(=O)C[C@@H](c1cccc(OCc2ccc(-c3cc(C)ncc3F)c(CN(C(C)C)C(C)C)c2)c1)C1CC1. The van der Waals surface area contributed by atoms with Crippen molar-refractivity contribution >= 4 is 7.14 Å². The van der Waals surface area contributed by atoms with E-state index in [-0.39, 0.29) is 5.82 Å². The highest BCUT2D eigenvalue weighted by Crippen LogP contribution is 2.52. The fourth-order valence-corrected chi connectivity index (χ4v) is 7.21. The highest BCUT2D eigenvalue weighted by molar-refractivity contribution is 7.63. The molecule has 1 fully saturated rings. The fraction of sp³-hybridized carbons (Fsp3) is 0.500. The van der Waals surface area contributed by atoms with Gasteiger partial charge in [0.1, 0.15) is 18.2 Å². The maximum Gasteiger partial charge on any atom is 0.149 e. The van der Waals surface area contributed by atoms with Gasteiger partial charge in [-0.2, -0.15) is 0 Å². The van der Waals surface area contributed by atoms with Crippen molar-refractivity contribution in [1.29, 1.82) is 0 Å². The number of nitrogens with zero attached hydrogens (tertiary/aromatic N) is 2. The van der Waals surface area contributed by atoms with Crippen molar-refractivity contribution in [2.75, 3.05) is 19.0 Å². The predicted octanol–water partition coefficient (Wildman–Crippen LogP) is 8.90. The van der Waals surface area contributed by atoms with Crippen molar-refractivity contribution < 1.29 is 13.7 Å². The maximum absolute atomic E-state index is 14.9. The van der Waals surface area contributed by atoms with Gasteiger partial charge in [0.15, 0.2) is 0 Å². The summed E-state index contributed by atoms with van der Waals surface area (Å²) in [7, 11) is -2.13. The standard InChI is InChI=1S/C34H46FN2O2P/c1-8-40(7,38)22-33(27-13-14-27)28-10-9-11-30(18-28)39-21-26-12-15-31(32-16-25(6)36-19-34(32)35)29(17-26)20-37(23(2)3)24(4)5/h9-12,15-19,23-24,27,33H,8,13-14,20-22H2,1-7H3/t33-,40+/m1/s1. The average molecular weight is 565 g/mol. The second kappa shape index (κ2) is 13.0. The van der Waals surface area contributed by atoms with Crippen LogP contribution in [-0.2, 0) is 17.7 Å². The summed E-state index contributed by atoms with van der Waals surface area (Å²) in [6.45, 7) is 15.8. The topological polar surface area (TPSA) is 42.4 Å². The van der Waals surface area contributed by atoms with Crippen molar-refractivity contribution in [1.82, 2.24) is 9.88 Å². The molecule has 2 aromatic carbocycles. The van der Waals surface area contributed by atoms with E-state index in [1.807, 2.05) is 44.8 Å². The van der Waals surface area contributed by atoms with Crippen molar-refractivity contribution in [3.63, 3.8) is 0 Å². The van der Waals surface area contributed by atoms with Gasteiger partial charge in [0.25, 0.3) is 0 Å². The van der Waals surface area contributed by atoms with E-state index in [1.165, 1.54) is 24.6 Å². The van der Waals surface area contributed by atoms with E-state index in [0.29, 0.717) is 42.6 Å². The van der Waals surface area contributed by atoms with Crippen LogP contribution >= 0.6 is 7.14 Å². The first-order chi connectivity index (χ1) is 19.0. The second-order valence-electron chi connectivity index (χ2n) is 12.3. The summed E-state index contributed by atoms with van der Waals surface area (Å²) in [4.78, 5) is 6.55. The van der Waals surface area contributed by atoms with E-state index in [4.69, 9.17) is 4.74 Å². The lowest BCUT2D eigenvalue weighted by molar-refractivity contribution is 0.166. The van der Waals surface area contributed by atoms with Crippen molar-refractivity contribution in [3.05, 3.63) is 82.9 Å². The van der Waals surface area contributed by atoms with Gasteiger partial charge < -0.3 is 9.30 Å². The number of rotatable bonds is 13. The molecule has 0 radical (unpaired) electrons. The van der Waals surface area contributed by atoms with Crippen molar-refractivity contribution in [2.24, 2.45) is 5.92 Å². The molecule has 4 rings (SSSR count). The third-order valence-corrected chi connectivity index (χ3v) is 10.8. The molecule has 40 heavy (non-hydrogen) atoms. The second-order valence-corrected chi connectivity index (χ2v) is 15.8. The van der Waals surface area contributed by atoms with Gasteiger partial charge in [-0.05, 0) is 113 Å². The minimum Gasteiger partial charge on any atom is -0.489 e. The molecule has 4 nitrogen and oxygen atoms in total. The summed E-state index contributed by atoms with van der Waals surface area (Å²) in [6, 6.07) is 17.1. The predicted molar refractivity (Wildman–Crippen MR) is 165 cm³/mol. The van der Waals surface area contributed by atoms with Gasteiger partial charge in [-0.3, -0.25) is 9.88 Å². The Balaban J connectivity index is 1.59. The molecule has 0 amide bonds. The van der Waals surface area contributed by atoms with E-state index < -0.39 is 7.14 Å². The first-order valence-electron chi connectivity index (χ1n) is 14.8. The molecular formula is C34H46FN2O2P. The number of hydrogen-bond acceptors (Lipinski definition) is 4. The molecule has 0 aliphatic heterocycles. The lowest BCUT2D eigenvalue weighted by Crippen LogP contribution is -2.36. The van der Waals surface area contributed by atoms with Crippen LogP contribution in [0.4, 0.5) is 4.39 Å². The van der Waals surface area contributed by atoms with Crippen LogP contribution < -0.4 is 4.74 Å². The van der Waals surface area contributed by atoms with Crippen LogP contribution in [0, 0.1) is 18.7 Å². The number of halogens is 1. The Bertz CT molecular complexity index is 1340. The Labute approximate surface area is 240 Å². The third kappa shape index (κ3) is 7.83. The van der Waals surface area contributed by atoms with Crippen LogP contribution in [-0.4, -0.2) is 41.0 Å². The molecule has 1 aliphatic rings. The molecule has 1 saturated carbocycles. The first kappa shape index (κ1) is 30.5. The summed E-state index contributed by atoms with van der Waals surface area (Å²) in [6.07, 6.45) is 5.27. The van der Waals surface area contributed by atoms with Gasteiger partial charge in [0, 0.05) is 36.0 Å². The highest BCUT2D eigenvalue weighted by atomic mass is 31.2. The fourth-order valence-electron chi connectivity index (χ4n) is 5.61. The van der Waals surface area contributed by atoms with Crippen LogP contribution in [0.25, 0.3) is 11.1 Å². The Morgan fingerprint density at radius 3 is 2.42 bits per heavy atom. The molecule has 0 unspecified atom stereocenters. The zero-order valence-electron chi connectivity index (χ0n) is 25.3. The van der Waals surface area contributed by atoms with Gasteiger partial charge >= 0.3 is 0 Å². The molecule has 1 aromatic heterocycles. The van der Waals surface area contributed by atoms with Gasteiger partial charge in [0.2, 0.25) is 0 Å². The molecule has 6 heteroatoms. The Morgan fingerprint density at radius 1 is 1.05 bits per heavy atom. The number of aromatic nitrogens is 1. The van der Waals surface area contributed by atoms with Crippen LogP contribution in [0.15, 0.2) is 54.7 Å². The number of ether oxygens (including phenoxy) is 1. The number of aryl methyl sites for hydroxylation is 1. The summed E-state index contributed by atoms with van der Waals surface area (Å²) < 4.78 is 34.2. The monoisotopic (exact) mass is 564 g/mol. The van der Waals surface area contributed by atoms with Gasteiger partial charge in [-0.25, -0.2) is 4.39 Å². The zero-order valence-corrected chi connectivity index (χ0v) is 26.2. The number of hydrogen-bond donors (Lipinski definition) is 0. The molecule has 0 bridgehead atoms. The smallest absolute Gasteiger partial charge is 0.149 e. The van der Waals surface area contributed by atoms with E-state index in [2.05, 4.69) is 61.8 Å². The van der Waals surface area contributed by atoms with E-state index >= 15 is 0 Å². The molecule has 0 spiro atoms. The van der Waals surface area contributed by atoms with Gasteiger partial charge in [-0.1, -0.05) is 37.3 Å². The van der Waals surface area contributed by atoms with Crippen LogP contribution in [0.2, 0.25) is 0 Å². The van der Waals surface area contributed by atoms with Gasteiger partial charge in [-0.15, -0.1) is 0 Å². The number of benzene rings is 2. The molecule has 0 saturated heterocycles. The minimum absolute atomic E-state index is 0.307. The molecule has 1 heterocycles. The molecule has 1 aliphatic carbocycles. The zero-order chi connectivity index (χ0) is 29.0. The van der Waals surface area contributed by atoms with E-state index in [9.17, 15) is 8.96 Å². The average Bonchev–Trinajstić information content (AvgIpc) is 3.76. The largest absolute Gasteiger partial charge is 0.489 e. The van der Waals surface area contributed by atoms with Gasteiger partial charge in [0.05, 0.1) is 13.3 Å². The molecule has 2 atom stereocenters. The molecular weight excluding hydrogens is 518 g/mol. The highest BCUT2D eigenvalue weighted by Gasteiger charge is 2.35. The van der Waals surface area contributed by atoms with Crippen molar-refractivity contribution in [3.8, 4) is 16.9 Å². The van der Waals surface area contributed by atoms with E-state index in [0.717, 1.165) is 40.5 Å². The van der Waals surface area contributed by atoms with Crippen LogP contribution in [0.1, 0.15) is 75.8 Å². The molecule has 216 valence electrons. The Morgan fingerprint density at radius 2 is 1.77 bits per heavy atom. The molecule has 0 N–H and O–H groups in total. The van der Waals surface area contributed by atoms with Crippen LogP contribution in [0.3, 0.4) is 0 Å². The third-order valence-electron chi connectivity index (χ3n) is 8.27. The number of pyridine rings is 1. The lowest BCUT2D eigenvalue weighted by Gasteiger charge is -2.31. The Hall–Kier alpha value is -2.49. The minimum atomic E-state index is -2.13. The quantitative estimate of drug-likeness (QED) is 0.194. The normalized spacial score (nSPS) is 16.0. The first-order valence-corrected chi connectivity index (χ1v) is 17.3. The van der Waals surface area contributed by atoms with E-state index in [1.54, 1.807) is 0 Å². The Kier molecular flexibility index (Phi) is 9.90. The summed E-state index contributed by atoms with van der Waals surface area (Å²) in [5.41, 5.74) is 5.63. The maximum atomic E-state index is 14.9. The summed E-state index contributed by atoms with van der Waals surface area (Å²) in [5.74, 6) is 1.49. The summed E-state index contributed by atoms with van der Waals surface area (Å²) >= 11 is 0. The molecule has 3 aromatic rings.